The van der Waals surface area contributed by atoms with E-state index in [9.17, 15) is 18.0 Å². The van der Waals surface area contributed by atoms with E-state index < -0.39 is 16.1 Å². The van der Waals surface area contributed by atoms with Crippen molar-refractivity contribution in [1.29, 1.82) is 0 Å². The largest absolute Gasteiger partial charge is 0.357 e. The summed E-state index contributed by atoms with van der Waals surface area (Å²) in [6.07, 6.45) is 2.51. The summed E-state index contributed by atoms with van der Waals surface area (Å²) in [5, 5.41) is 2.59. The van der Waals surface area contributed by atoms with Gasteiger partial charge in [0.25, 0.3) is 0 Å². The zero-order chi connectivity index (χ0) is 23.7. The first-order valence-corrected chi connectivity index (χ1v) is 12.6. The summed E-state index contributed by atoms with van der Waals surface area (Å²) in [4.78, 5) is 26.8. The molecule has 174 valence electrons. The summed E-state index contributed by atoms with van der Waals surface area (Å²) < 4.78 is 26.0. The minimum atomic E-state index is -3.49. The van der Waals surface area contributed by atoms with Crippen molar-refractivity contribution in [2.24, 2.45) is 0 Å². The molecule has 0 aromatic heterocycles. The van der Waals surface area contributed by atoms with Gasteiger partial charge in [0.05, 0.1) is 11.9 Å². The fourth-order valence-electron chi connectivity index (χ4n) is 3.47. The molecule has 0 aliphatic heterocycles. The molecule has 0 bridgehead atoms. The molecule has 2 rings (SSSR count). The third-order valence-electron chi connectivity index (χ3n) is 5.39. The highest BCUT2D eigenvalue weighted by molar-refractivity contribution is 7.92. The van der Waals surface area contributed by atoms with E-state index in [2.05, 4.69) is 5.32 Å². The second-order valence-electron chi connectivity index (χ2n) is 7.76. The molecule has 2 aromatic rings. The number of anilines is 1. The Balaban J connectivity index is 2.11. The smallest absolute Gasteiger partial charge is 0.242 e. The van der Waals surface area contributed by atoms with Gasteiger partial charge in [-0.2, -0.15) is 0 Å². The van der Waals surface area contributed by atoms with E-state index in [-0.39, 0.29) is 24.8 Å². The molecule has 0 fully saturated rings. The molecular formula is C24H33N3O4S. The summed E-state index contributed by atoms with van der Waals surface area (Å²) in [5.41, 5.74) is 2.62. The van der Waals surface area contributed by atoms with E-state index in [0.29, 0.717) is 18.7 Å². The van der Waals surface area contributed by atoms with Crippen LogP contribution in [0.2, 0.25) is 0 Å². The second-order valence-corrected chi connectivity index (χ2v) is 9.66. The van der Waals surface area contributed by atoms with E-state index in [0.717, 1.165) is 23.8 Å². The number of likely N-dealkylation sites (N-methyl/N-ethyl adjacent to an activating group) is 1. The van der Waals surface area contributed by atoms with Gasteiger partial charge in [-0.15, -0.1) is 0 Å². The van der Waals surface area contributed by atoms with Gasteiger partial charge in [0.2, 0.25) is 21.8 Å². The van der Waals surface area contributed by atoms with Crippen LogP contribution in [0.15, 0.2) is 54.6 Å². The van der Waals surface area contributed by atoms with Crippen LogP contribution < -0.4 is 9.62 Å². The average molecular weight is 460 g/mol. The number of hydrogen-bond donors (Lipinski definition) is 1. The Kier molecular flexibility index (Phi) is 9.26. The number of benzene rings is 2. The predicted molar refractivity (Wildman–Crippen MR) is 128 cm³/mol. The number of carbonyl (C=O) groups excluding carboxylic acids is 2. The highest BCUT2D eigenvalue weighted by Gasteiger charge is 2.26. The molecule has 2 aromatic carbocycles. The zero-order valence-electron chi connectivity index (χ0n) is 19.2. The van der Waals surface area contributed by atoms with Crippen LogP contribution in [0.25, 0.3) is 0 Å². The topological polar surface area (TPSA) is 86.8 Å². The van der Waals surface area contributed by atoms with Crippen molar-refractivity contribution in [2.45, 2.75) is 45.7 Å². The van der Waals surface area contributed by atoms with Gasteiger partial charge in [-0.05, 0) is 43.0 Å². The first-order valence-electron chi connectivity index (χ1n) is 10.8. The first-order chi connectivity index (χ1) is 15.2. The van der Waals surface area contributed by atoms with Crippen molar-refractivity contribution in [1.82, 2.24) is 10.2 Å². The lowest BCUT2D eigenvalue weighted by Crippen LogP contribution is -2.46. The Labute approximate surface area is 191 Å². The van der Waals surface area contributed by atoms with E-state index in [1.165, 1.54) is 16.3 Å². The monoisotopic (exact) mass is 459 g/mol. The fourth-order valence-corrected chi connectivity index (χ4v) is 4.44. The SMILES string of the molecule is CCc1ccc(N(CCCC(=O)N(Cc2ccccc2)[C@H](C)C(=O)NC)S(C)(=O)=O)cc1. The maximum absolute atomic E-state index is 13.0. The van der Waals surface area contributed by atoms with Crippen LogP contribution in [-0.2, 0) is 32.6 Å². The van der Waals surface area contributed by atoms with E-state index in [4.69, 9.17) is 0 Å². The van der Waals surface area contributed by atoms with Gasteiger partial charge < -0.3 is 10.2 Å². The molecule has 0 aliphatic carbocycles. The van der Waals surface area contributed by atoms with Crippen LogP contribution in [0.4, 0.5) is 5.69 Å². The van der Waals surface area contributed by atoms with Gasteiger partial charge >= 0.3 is 0 Å². The number of amides is 2. The third kappa shape index (κ3) is 7.09. The Morgan fingerprint density at radius 2 is 1.62 bits per heavy atom. The van der Waals surface area contributed by atoms with Crippen molar-refractivity contribution in [3.63, 3.8) is 0 Å². The standard InChI is InChI=1S/C24H33N3O4S/c1-5-20-13-15-22(16-14-20)27(32(4,30)31)17-9-12-23(28)26(19(2)24(29)25-3)18-21-10-7-6-8-11-21/h6-8,10-11,13-16,19H,5,9,12,17-18H2,1-4H3,(H,25,29)/t19-/m1/s1. The van der Waals surface area contributed by atoms with Crippen LogP contribution in [0.5, 0.6) is 0 Å². The summed E-state index contributed by atoms with van der Waals surface area (Å²) in [6, 6.07) is 16.2. The molecule has 1 atom stereocenters. The Bertz CT molecular complexity index is 992. The van der Waals surface area contributed by atoms with Gasteiger partial charge in [-0.1, -0.05) is 49.4 Å². The number of rotatable bonds is 11. The van der Waals surface area contributed by atoms with Crippen molar-refractivity contribution in [2.75, 3.05) is 24.2 Å². The lowest BCUT2D eigenvalue weighted by Gasteiger charge is -2.29. The molecule has 8 heteroatoms. The number of sulfonamides is 1. The molecule has 0 saturated heterocycles. The van der Waals surface area contributed by atoms with Gasteiger partial charge in [0, 0.05) is 26.6 Å². The lowest BCUT2D eigenvalue weighted by molar-refractivity contribution is -0.140. The fraction of sp³-hybridized carbons (Fsp3) is 0.417. The Morgan fingerprint density at radius 1 is 1.00 bits per heavy atom. The summed E-state index contributed by atoms with van der Waals surface area (Å²) in [7, 11) is -1.95. The molecule has 0 aliphatic rings. The average Bonchev–Trinajstić information content (AvgIpc) is 2.79. The number of aryl methyl sites for hydroxylation is 1. The lowest BCUT2D eigenvalue weighted by atomic mass is 10.1. The molecule has 0 heterocycles. The van der Waals surface area contributed by atoms with E-state index >= 15 is 0 Å². The van der Waals surface area contributed by atoms with Crippen LogP contribution in [0.1, 0.15) is 37.8 Å². The highest BCUT2D eigenvalue weighted by Crippen LogP contribution is 2.20. The quantitative estimate of drug-likeness (QED) is 0.560. The maximum Gasteiger partial charge on any atom is 0.242 e. The maximum atomic E-state index is 13.0. The predicted octanol–water partition coefficient (Wildman–Crippen LogP) is 2.96. The third-order valence-corrected chi connectivity index (χ3v) is 6.59. The van der Waals surface area contributed by atoms with Crippen molar-refractivity contribution in [3.05, 3.63) is 65.7 Å². The summed E-state index contributed by atoms with van der Waals surface area (Å²) in [5.74, 6) is -0.442. The van der Waals surface area contributed by atoms with Gasteiger partial charge in [-0.25, -0.2) is 8.42 Å². The van der Waals surface area contributed by atoms with Crippen molar-refractivity contribution >= 4 is 27.5 Å². The molecule has 0 unspecified atom stereocenters. The van der Waals surface area contributed by atoms with Gasteiger partial charge in [0.15, 0.2) is 0 Å². The molecular weight excluding hydrogens is 426 g/mol. The molecule has 32 heavy (non-hydrogen) atoms. The number of nitrogens with zero attached hydrogens (tertiary/aromatic N) is 2. The molecule has 0 saturated carbocycles. The summed E-state index contributed by atoms with van der Waals surface area (Å²) >= 11 is 0. The summed E-state index contributed by atoms with van der Waals surface area (Å²) in [6.45, 7) is 4.22. The minimum absolute atomic E-state index is 0.132. The minimum Gasteiger partial charge on any atom is -0.357 e. The van der Waals surface area contributed by atoms with Gasteiger partial charge in [0.1, 0.15) is 6.04 Å². The number of hydrogen-bond acceptors (Lipinski definition) is 4. The van der Waals surface area contributed by atoms with E-state index in [1.54, 1.807) is 19.1 Å². The van der Waals surface area contributed by atoms with Gasteiger partial charge in [-0.3, -0.25) is 13.9 Å². The molecule has 0 radical (unpaired) electrons. The van der Waals surface area contributed by atoms with Crippen LogP contribution in [-0.4, -0.2) is 51.0 Å². The number of nitrogens with one attached hydrogen (secondary N) is 1. The van der Waals surface area contributed by atoms with Crippen LogP contribution in [0.3, 0.4) is 0 Å². The Morgan fingerprint density at radius 3 is 2.16 bits per heavy atom. The van der Waals surface area contributed by atoms with Crippen LogP contribution in [0, 0.1) is 0 Å². The first kappa shape index (κ1) is 25.4. The molecule has 2 amide bonds. The normalized spacial score (nSPS) is 12.1. The highest BCUT2D eigenvalue weighted by atomic mass is 32.2. The van der Waals surface area contributed by atoms with Crippen molar-refractivity contribution < 1.29 is 18.0 Å². The zero-order valence-corrected chi connectivity index (χ0v) is 20.1. The number of carbonyl (C=O) groups is 2. The van der Waals surface area contributed by atoms with E-state index in [1.807, 2.05) is 49.4 Å². The molecule has 0 spiro atoms. The Hall–Kier alpha value is -2.87. The van der Waals surface area contributed by atoms with Crippen molar-refractivity contribution in [3.8, 4) is 0 Å². The molecule has 7 nitrogen and oxygen atoms in total. The molecule has 1 N–H and O–H groups in total. The van der Waals surface area contributed by atoms with Crippen LogP contribution >= 0.6 is 0 Å². The second kappa shape index (κ2) is 11.7.